The van der Waals surface area contributed by atoms with E-state index in [9.17, 15) is 22.8 Å². The topological polar surface area (TPSA) is 151 Å². The average Bonchev–Trinajstić information content (AvgIpc) is 2.84. The molecule has 1 aromatic carbocycles. The largest absolute Gasteiger partial charge is 0.418 e. The standard InChI is InChI=1S/C14H16N4O7S/c15-17(12(19)9-4-2-1-3-5-9)13(20)11-7-6-10-8-16(11)14(21)18(10)25-26(22,23)24/h1-5,10-11H,6-8,15H2,(H,22,23,24)/t10-,11+/m1/s1. The Morgan fingerprint density at radius 1 is 1.23 bits per heavy atom. The number of carbonyl (C=O) groups excluding carboxylic acids is 3. The van der Waals surface area contributed by atoms with E-state index >= 15 is 0 Å². The Morgan fingerprint density at radius 3 is 2.50 bits per heavy atom. The van der Waals surface area contributed by atoms with E-state index < -0.39 is 40.3 Å². The molecule has 140 valence electrons. The van der Waals surface area contributed by atoms with Crippen LogP contribution < -0.4 is 5.84 Å². The van der Waals surface area contributed by atoms with Crippen molar-refractivity contribution in [2.24, 2.45) is 5.84 Å². The van der Waals surface area contributed by atoms with Gasteiger partial charge in [-0.15, -0.1) is 4.28 Å². The predicted octanol–water partition coefficient (Wildman–Crippen LogP) is -0.468. The Kier molecular flexibility index (Phi) is 4.66. The second-order valence-corrected chi connectivity index (χ2v) is 6.89. The lowest BCUT2D eigenvalue weighted by Crippen LogP contribution is -2.55. The fourth-order valence-corrected chi connectivity index (χ4v) is 3.46. The summed E-state index contributed by atoms with van der Waals surface area (Å²) in [4.78, 5) is 38.3. The molecule has 4 amide bonds. The van der Waals surface area contributed by atoms with Crippen LogP contribution in [0, 0.1) is 0 Å². The predicted molar refractivity (Wildman–Crippen MR) is 85.2 cm³/mol. The van der Waals surface area contributed by atoms with Crippen LogP contribution in [0.4, 0.5) is 4.79 Å². The molecule has 2 saturated heterocycles. The van der Waals surface area contributed by atoms with Crippen molar-refractivity contribution in [3.05, 3.63) is 35.9 Å². The summed E-state index contributed by atoms with van der Waals surface area (Å²) < 4.78 is 34.8. The van der Waals surface area contributed by atoms with Gasteiger partial charge in [-0.2, -0.15) is 13.5 Å². The first-order valence-electron chi connectivity index (χ1n) is 7.64. The van der Waals surface area contributed by atoms with Crippen molar-refractivity contribution in [3.8, 4) is 0 Å². The third-order valence-corrected chi connectivity index (χ3v) is 4.61. The number of imide groups is 1. The van der Waals surface area contributed by atoms with Gasteiger partial charge < -0.3 is 4.90 Å². The van der Waals surface area contributed by atoms with Crippen molar-refractivity contribution < 1.29 is 31.6 Å². The summed E-state index contributed by atoms with van der Waals surface area (Å²) in [7, 11) is -4.88. The molecular weight excluding hydrogens is 368 g/mol. The maximum atomic E-state index is 12.6. The Balaban J connectivity index is 1.75. The van der Waals surface area contributed by atoms with Gasteiger partial charge >= 0.3 is 16.4 Å². The Morgan fingerprint density at radius 2 is 1.88 bits per heavy atom. The third-order valence-electron chi connectivity index (χ3n) is 4.26. The van der Waals surface area contributed by atoms with Crippen LogP contribution in [0.1, 0.15) is 23.2 Å². The van der Waals surface area contributed by atoms with Gasteiger partial charge in [-0.3, -0.25) is 14.1 Å². The first-order valence-corrected chi connectivity index (χ1v) is 9.00. The van der Waals surface area contributed by atoms with E-state index in [1.54, 1.807) is 18.2 Å². The van der Waals surface area contributed by atoms with Gasteiger partial charge in [-0.05, 0) is 25.0 Å². The molecule has 0 spiro atoms. The maximum Gasteiger partial charge on any atom is 0.418 e. The number of piperidine rings is 1. The first kappa shape index (κ1) is 18.3. The molecule has 3 rings (SSSR count). The number of nitrogens with two attached hydrogens (primary N) is 1. The van der Waals surface area contributed by atoms with Crippen LogP contribution in [0.3, 0.4) is 0 Å². The van der Waals surface area contributed by atoms with E-state index in [-0.39, 0.29) is 24.9 Å². The number of hydrogen-bond acceptors (Lipinski definition) is 7. The second-order valence-electron chi connectivity index (χ2n) is 5.89. The number of rotatable bonds is 4. The van der Waals surface area contributed by atoms with Gasteiger partial charge in [0.2, 0.25) is 0 Å². The molecule has 26 heavy (non-hydrogen) atoms. The number of hydroxylamine groups is 2. The number of urea groups is 1. The van der Waals surface area contributed by atoms with Crippen LogP contribution in [0.25, 0.3) is 0 Å². The smallest absolute Gasteiger partial charge is 0.309 e. The summed E-state index contributed by atoms with van der Waals surface area (Å²) in [5, 5.41) is 0.961. The van der Waals surface area contributed by atoms with Crippen molar-refractivity contribution in [2.45, 2.75) is 24.9 Å². The molecule has 2 bridgehead atoms. The summed E-state index contributed by atoms with van der Waals surface area (Å²) in [5.74, 6) is 4.13. The summed E-state index contributed by atoms with van der Waals surface area (Å²) in [6, 6.07) is 5.36. The zero-order chi connectivity index (χ0) is 19.1. The van der Waals surface area contributed by atoms with Gasteiger partial charge in [0.25, 0.3) is 11.8 Å². The quantitative estimate of drug-likeness (QED) is 0.232. The number of hydrogen-bond donors (Lipinski definition) is 2. The number of amides is 4. The molecule has 2 aliphatic heterocycles. The van der Waals surface area contributed by atoms with Gasteiger partial charge in [0.05, 0.1) is 6.04 Å². The van der Waals surface area contributed by atoms with Crippen LogP contribution in [-0.2, 0) is 19.5 Å². The normalized spacial score (nSPS) is 22.5. The molecule has 0 aliphatic carbocycles. The zero-order valence-electron chi connectivity index (χ0n) is 13.4. The second kappa shape index (κ2) is 6.64. The highest BCUT2D eigenvalue weighted by atomic mass is 32.3. The monoisotopic (exact) mass is 384 g/mol. The van der Waals surface area contributed by atoms with Gasteiger partial charge in [-0.25, -0.2) is 15.6 Å². The summed E-state index contributed by atoms with van der Waals surface area (Å²) in [6.45, 7) is 0.0120. The van der Waals surface area contributed by atoms with Crippen LogP contribution in [0.15, 0.2) is 30.3 Å². The molecule has 0 radical (unpaired) electrons. The molecule has 0 unspecified atom stereocenters. The molecule has 0 saturated carbocycles. The van der Waals surface area contributed by atoms with E-state index in [1.807, 2.05) is 0 Å². The molecule has 12 heteroatoms. The number of nitrogens with zero attached hydrogens (tertiary/aromatic N) is 3. The summed E-state index contributed by atoms with van der Waals surface area (Å²) in [6.07, 6.45) is 0.401. The fourth-order valence-electron chi connectivity index (χ4n) is 3.07. The molecule has 0 aromatic heterocycles. The van der Waals surface area contributed by atoms with Crippen molar-refractivity contribution in [1.29, 1.82) is 0 Å². The lowest BCUT2D eigenvalue weighted by molar-refractivity contribution is -0.134. The van der Waals surface area contributed by atoms with Crippen LogP contribution in [0.5, 0.6) is 0 Å². The molecule has 2 heterocycles. The number of fused-ring (bicyclic) bond motifs is 2. The van der Waals surface area contributed by atoms with Crippen LogP contribution >= 0.6 is 0 Å². The Bertz CT molecular complexity index is 844. The first-order chi connectivity index (χ1) is 12.2. The van der Waals surface area contributed by atoms with Crippen LogP contribution in [-0.4, -0.2) is 64.4 Å². The lowest BCUT2D eigenvalue weighted by Gasteiger charge is -2.31. The lowest BCUT2D eigenvalue weighted by atomic mass is 10.00. The van der Waals surface area contributed by atoms with E-state index in [0.29, 0.717) is 10.1 Å². The van der Waals surface area contributed by atoms with E-state index in [4.69, 9.17) is 10.4 Å². The highest BCUT2D eigenvalue weighted by Gasteiger charge is 2.50. The molecule has 2 atom stereocenters. The number of hydrazine groups is 1. The molecule has 11 nitrogen and oxygen atoms in total. The molecule has 3 N–H and O–H groups in total. The molecular formula is C14H16N4O7S. The zero-order valence-corrected chi connectivity index (χ0v) is 14.2. The van der Waals surface area contributed by atoms with Gasteiger partial charge in [0.1, 0.15) is 6.04 Å². The maximum absolute atomic E-state index is 12.6. The van der Waals surface area contributed by atoms with Gasteiger partial charge in [0, 0.05) is 12.1 Å². The molecule has 2 aliphatic rings. The third kappa shape index (κ3) is 3.39. The SMILES string of the molecule is NN(C(=O)c1ccccc1)C(=O)[C@@H]1CC[C@@H]2CN1C(=O)N2OS(=O)(=O)O. The average molecular weight is 384 g/mol. The van der Waals surface area contributed by atoms with Crippen molar-refractivity contribution in [1.82, 2.24) is 15.0 Å². The minimum absolute atomic E-state index is 0.0120. The minimum atomic E-state index is -4.88. The Labute approximate surface area is 148 Å². The summed E-state index contributed by atoms with van der Waals surface area (Å²) >= 11 is 0. The van der Waals surface area contributed by atoms with E-state index in [0.717, 1.165) is 4.90 Å². The van der Waals surface area contributed by atoms with Gasteiger partial charge in [0.15, 0.2) is 0 Å². The van der Waals surface area contributed by atoms with Gasteiger partial charge in [-0.1, -0.05) is 18.2 Å². The summed E-state index contributed by atoms with van der Waals surface area (Å²) in [5.41, 5.74) is 0.209. The highest BCUT2D eigenvalue weighted by Crippen LogP contribution is 2.31. The Hall–Kier alpha value is -2.54. The van der Waals surface area contributed by atoms with E-state index in [2.05, 4.69) is 4.28 Å². The fraction of sp³-hybridized carbons (Fsp3) is 0.357. The minimum Gasteiger partial charge on any atom is -0.309 e. The highest BCUT2D eigenvalue weighted by molar-refractivity contribution is 7.80. The van der Waals surface area contributed by atoms with E-state index in [1.165, 1.54) is 12.1 Å². The van der Waals surface area contributed by atoms with Crippen LogP contribution in [0.2, 0.25) is 0 Å². The molecule has 1 aromatic rings. The number of carbonyl (C=O) groups is 3. The van der Waals surface area contributed by atoms with Crippen molar-refractivity contribution in [2.75, 3.05) is 6.54 Å². The van der Waals surface area contributed by atoms with Crippen molar-refractivity contribution in [3.63, 3.8) is 0 Å². The molecule has 2 fully saturated rings. The number of benzene rings is 1. The van der Waals surface area contributed by atoms with Crippen molar-refractivity contribution >= 4 is 28.2 Å².